The smallest absolute Gasteiger partial charge is 0.307 e. The molecule has 0 saturated carbocycles. The zero-order valence-electron chi connectivity index (χ0n) is 26.5. The third kappa shape index (κ3) is 13.3. The highest BCUT2D eigenvalue weighted by atomic mass is 19.1. The number of nitrogens with one attached hydrogen (secondary N) is 3. The van der Waals surface area contributed by atoms with Crippen LogP contribution in [0.5, 0.6) is 5.75 Å². The Morgan fingerprint density at radius 1 is 0.935 bits per heavy atom. The van der Waals surface area contributed by atoms with Gasteiger partial charge in [0.2, 0.25) is 23.6 Å². The number of methoxy groups -OCH3 is 1. The summed E-state index contributed by atoms with van der Waals surface area (Å²) in [6.45, 7) is 3.14. The number of rotatable bonds is 17. The number of nitrogens with two attached hydrogens (primary N) is 1. The van der Waals surface area contributed by atoms with Crippen LogP contribution in [0.1, 0.15) is 44.2 Å². The van der Waals surface area contributed by atoms with Gasteiger partial charge in [0.1, 0.15) is 29.7 Å². The van der Waals surface area contributed by atoms with Crippen molar-refractivity contribution in [3.63, 3.8) is 0 Å². The number of esters is 1. The summed E-state index contributed by atoms with van der Waals surface area (Å²) in [5.41, 5.74) is 7.06. The number of halogens is 1. The second-order valence-corrected chi connectivity index (χ2v) is 10.8. The Balaban J connectivity index is 2.32. The molecule has 13 nitrogen and oxygen atoms in total. The Kier molecular flexibility index (Phi) is 15.1. The summed E-state index contributed by atoms with van der Waals surface area (Å²) < 4.78 is 18.2. The van der Waals surface area contributed by atoms with E-state index in [9.17, 15) is 33.5 Å². The van der Waals surface area contributed by atoms with Crippen molar-refractivity contribution in [1.82, 2.24) is 20.9 Å². The van der Waals surface area contributed by atoms with Crippen molar-refractivity contribution >= 4 is 35.4 Å². The normalized spacial score (nSPS) is 13.1. The molecule has 2 aromatic rings. The Hall–Kier alpha value is -5.01. The molecule has 0 heterocycles. The number of likely N-dealkylation sites (N-methyl/N-ethyl adjacent to an activating group) is 1. The van der Waals surface area contributed by atoms with Crippen LogP contribution < -0.4 is 21.7 Å². The SMILES string of the molecule is COC(=O)CCN(C)C(=O)[C@H](Cc1ccc(F)cc1)NC(=O)[C@H](CCCNC(C)=O)NC(=O)[C@H](Cc1ccc(O)cc1)N=C(C)N. The zero-order valence-corrected chi connectivity index (χ0v) is 26.5. The number of phenolic OH excluding ortho intramolecular Hbond substituents is 1. The second kappa shape index (κ2) is 18.7. The van der Waals surface area contributed by atoms with Gasteiger partial charge < -0.3 is 36.4 Å². The van der Waals surface area contributed by atoms with Crippen LogP contribution in [0.15, 0.2) is 53.5 Å². The van der Waals surface area contributed by atoms with Gasteiger partial charge in [0.25, 0.3) is 0 Å². The minimum Gasteiger partial charge on any atom is -0.508 e. The van der Waals surface area contributed by atoms with Gasteiger partial charge in [-0.1, -0.05) is 24.3 Å². The number of aromatic hydroxyl groups is 1. The lowest BCUT2D eigenvalue weighted by atomic mass is 10.0. The van der Waals surface area contributed by atoms with E-state index >= 15 is 0 Å². The summed E-state index contributed by atoms with van der Waals surface area (Å²) >= 11 is 0. The van der Waals surface area contributed by atoms with Crippen LogP contribution in [-0.2, 0) is 41.6 Å². The quantitative estimate of drug-likeness (QED) is 0.0729. The van der Waals surface area contributed by atoms with Crippen molar-refractivity contribution in [3.8, 4) is 5.75 Å². The number of phenols is 1. The fourth-order valence-corrected chi connectivity index (χ4v) is 4.47. The largest absolute Gasteiger partial charge is 0.508 e. The minimum absolute atomic E-state index is 0.000114. The summed E-state index contributed by atoms with van der Waals surface area (Å²) in [4.78, 5) is 69.3. The number of hydrogen-bond acceptors (Lipinski definition) is 8. The number of amides is 4. The summed E-state index contributed by atoms with van der Waals surface area (Å²) in [6, 6.07) is 8.39. The standard InChI is InChI=1S/C32H43FN6O7/c1-20(34)36-27(18-23-9-13-25(41)14-10-23)31(44)37-26(6-5-16-35-21(2)40)30(43)38-28(19-22-7-11-24(33)12-8-22)32(45)39(3)17-15-29(42)46-4/h7-14,26-28,41H,5-6,15-19H2,1-4H3,(H2,34,36)(H,35,40)(H,37,44)(H,38,43)/t26-,27-,28-/m0/s1. The second-order valence-electron chi connectivity index (χ2n) is 10.8. The van der Waals surface area contributed by atoms with Crippen molar-refractivity contribution in [2.24, 2.45) is 10.7 Å². The van der Waals surface area contributed by atoms with Crippen LogP contribution >= 0.6 is 0 Å². The number of benzene rings is 2. The van der Waals surface area contributed by atoms with Gasteiger partial charge in [0.15, 0.2) is 0 Å². The number of hydrogen-bond donors (Lipinski definition) is 5. The molecule has 14 heteroatoms. The van der Waals surface area contributed by atoms with Gasteiger partial charge in [0.05, 0.1) is 19.4 Å². The molecule has 4 amide bonds. The van der Waals surface area contributed by atoms with E-state index in [0.717, 1.165) is 0 Å². The van der Waals surface area contributed by atoms with E-state index in [0.29, 0.717) is 17.5 Å². The molecule has 0 bridgehead atoms. The van der Waals surface area contributed by atoms with E-state index in [2.05, 4.69) is 25.7 Å². The monoisotopic (exact) mass is 642 g/mol. The summed E-state index contributed by atoms with van der Waals surface area (Å²) in [6.07, 6.45) is 0.471. The molecule has 250 valence electrons. The topological polar surface area (TPSA) is 193 Å². The fourth-order valence-electron chi connectivity index (χ4n) is 4.47. The molecular formula is C32H43FN6O7. The third-order valence-corrected chi connectivity index (χ3v) is 6.93. The van der Waals surface area contributed by atoms with E-state index in [4.69, 9.17) is 5.73 Å². The highest BCUT2D eigenvalue weighted by molar-refractivity contribution is 5.94. The maximum atomic E-state index is 13.7. The molecule has 0 aliphatic carbocycles. The molecule has 0 spiro atoms. The molecule has 0 fully saturated rings. The lowest BCUT2D eigenvalue weighted by Crippen LogP contribution is -2.56. The van der Waals surface area contributed by atoms with Gasteiger partial charge in [-0.2, -0.15) is 0 Å². The van der Waals surface area contributed by atoms with Crippen LogP contribution in [0.4, 0.5) is 4.39 Å². The van der Waals surface area contributed by atoms with Gasteiger partial charge in [-0.05, 0) is 55.2 Å². The molecule has 2 rings (SSSR count). The molecule has 0 radical (unpaired) electrons. The average molecular weight is 643 g/mol. The summed E-state index contributed by atoms with van der Waals surface area (Å²) in [5.74, 6) is -2.83. The van der Waals surface area contributed by atoms with E-state index in [1.54, 1.807) is 12.1 Å². The lowest BCUT2D eigenvalue weighted by Gasteiger charge is -2.27. The first kappa shape index (κ1) is 37.2. The van der Waals surface area contributed by atoms with Crippen molar-refractivity contribution in [1.29, 1.82) is 0 Å². The van der Waals surface area contributed by atoms with Gasteiger partial charge in [-0.25, -0.2) is 4.39 Å². The van der Waals surface area contributed by atoms with Gasteiger partial charge in [0, 0.05) is 39.9 Å². The molecule has 0 aromatic heterocycles. The Morgan fingerprint density at radius 2 is 1.52 bits per heavy atom. The van der Waals surface area contributed by atoms with Crippen molar-refractivity contribution < 1.29 is 38.2 Å². The first-order valence-electron chi connectivity index (χ1n) is 14.8. The van der Waals surface area contributed by atoms with Crippen molar-refractivity contribution in [2.75, 3.05) is 27.2 Å². The van der Waals surface area contributed by atoms with E-state index in [1.165, 1.54) is 69.3 Å². The minimum atomic E-state index is -1.14. The maximum Gasteiger partial charge on any atom is 0.307 e. The average Bonchev–Trinajstić information content (AvgIpc) is 3.01. The van der Waals surface area contributed by atoms with Crippen molar-refractivity contribution in [3.05, 3.63) is 65.5 Å². The van der Waals surface area contributed by atoms with E-state index in [1.807, 2.05) is 0 Å². The van der Waals surface area contributed by atoms with Gasteiger partial charge in [-0.15, -0.1) is 0 Å². The number of nitrogens with zero attached hydrogens (tertiary/aromatic N) is 2. The predicted octanol–water partition coefficient (Wildman–Crippen LogP) is 0.970. The lowest BCUT2D eigenvalue weighted by molar-refractivity contribution is -0.142. The molecule has 0 saturated heterocycles. The van der Waals surface area contributed by atoms with E-state index in [-0.39, 0.29) is 56.3 Å². The number of carbonyl (C=O) groups is 5. The first-order valence-corrected chi connectivity index (χ1v) is 14.8. The molecule has 46 heavy (non-hydrogen) atoms. The highest BCUT2D eigenvalue weighted by Crippen LogP contribution is 2.14. The highest BCUT2D eigenvalue weighted by Gasteiger charge is 2.30. The van der Waals surface area contributed by atoms with Crippen LogP contribution in [0.25, 0.3) is 0 Å². The van der Waals surface area contributed by atoms with Crippen LogP contribution in [0.3, 0.4) is 0 Å². The Bertz CT molecular complexity index is 1360. The molecule has 0 unspecified atom stereocenters. The summed E-state index contributed by atoms with van der Waals surface area (Å²) in [5, 5.41) is 17.7. The van der Waals surface area contributed by atoms with Crippen LogP contribution in [0, 0.1) is 5.82 Å². The molecule has 0 aliphatic heterocycles. The molecule has 2 aromatic carbocycles. The maximum absolute atomic E-state index is 13.7. The molecule has 0 aliphatic rings. The van der Waals surface area contributed by atoms with E-state index < -0.39 is 47.6 Å². The molecule has 6 N–H and O–H groups in total. The Morgan fingerprint density at radius 3 is 2.11 bits per heavy atom. The van der Waals surface area contributed by atoms with Gasteiger partial charge in [-0.3, -0.25) is 29.0 Å². The Labute approximate surface area is 267 Å². The van der Waals surface area contributed by atoms with Crippen molar-refractivity contribution in [2.45, 2.75) is 64.1 Å². The number of ether oxygens (including phenoxy) is 1. The predicted molar refractivity (Wildman–Crippen MR) is 169 cm³/mol. The third-order valence-electron chi connectivity index (χ3n) is 6.93. The van der Waals surface area contributed by atoms with Gasteiger partial charge >= 0.3 is 5.97 Å². The number of amidine groups is 1. The molecular weight excluding hydrogens is 599 g/mol. The van der Waals surface area contributed by atoms with Crippen LogP contribution in [-0.4, -0.2) is 90.8 Å². The number of aliphatic imine (C=N–C) groups is 1. The molecule has 3 atom stereocenters. The van der Waals surface area contributed by atoms with Crippen LogP contribution in [0.2, 0.25) is 0 Å². The number of carbonyl (C=O) groups excluding carboxylic acids is 5. The zero-order chi connectivity index (χ0) is 34.2. The summed E-state index contributed by atoms with van der Waals surface area (Å²) in [7, 11) is 2.71. The first-order chi connectivity index (χ1) is 21.8. The fraction of sp³-hybridized carbons (Fsp3) is 0.438.